The Morgan fingerprint density at radius 3 is 2.70 bits per heavy atom. The van der Waals surface area contributed by atoms with Crippen molar-refractivity contribution in [3.8, 4) is 6.07 Å². The topological polar surface area (TPSA) is 40.8 Å². The molecule has 2 aromatic rings. The standard InChI is InChI=1S/C16H19N3S/c1-13-14(10-15(11-17)19(13)2)12-18-8-9-20-16-6-4-3-5-7-16/h3-7,10,18H,8-9,12H2,1-2H3. The first-order chi connectivity index (χ1) is 9.72. The number of thioether (sulfide) groups is 1. The SMILES string of the molecule is Cc1c(CNCCSc2ccccc2)cc(C#N)n1C. The second-order valence-electron chi connectivity index (χ2n) is 4.65. The molecule has 104 valence electrons. The van der Waals surface area contributed by atoms with Crippen molar-refractivity contribution in [1.29, 1.82) is 5.26 Å². The fraction of sp³-hybridized carbons (Fsp3) is 0.312. The van der Waals surface area contributed by atoms with Crippen LogP contribution in [0.2, 0.25) is 0 Å². The molecule has 0 unspecified atom stereocenters. The van der Waals surface area contributed by atoms with Crippen molar-refractivity contribution in [2.45, 2.75) is 18.4 Å². The van der Waals surface area contributed by atoms with Crippen LogP contribution in [0.5, 0.6) is 0 Å². The van der Waals surface area contributed by atoms with Crippen LogP contribution in [0.15, 0.2) is 41.3 Å². The molecule has 0 saturated heterocycles. The van der Waals surface area contributed by atoms with Crippen LogP contribution in [0.25, 0.3) is 0 Å². The maximum Gasteiger partial charge on any atom is 0.120 e. The molecule has 0 aliphatic rings. The van der Waals surface area contributed by atoms with E-state index in [9.17, 15) is 0 Å². The van der Waals surface area contributed by atoms with E-state index in [4.69, 9.17) is 5.26 Å². The van der Waals surface area contributed by atoms with Gasteiger partial charge in [-0.05, 0) is 30.7 Å². The molecule has 0 atom stereocenters. The molecule has 0 fully saturated rings. The number of hydrogen-bond donors (Lipinski definition) is 1. The monoisotopic (exact) mass is 285 g/mol. The maximum atomic E-state index is 9.00. The van der Waals surface area contributed by atoms with Gasteiger partial charge in [0.1, 0.15) is 11.8 Å². The molecule has 4 heteroatoms. The summed E-state index contributed by atoms with van der Waals surface area (Å²) in [6, 6.07) is 14.6. The molecule has 1 N–H and O–H groups in total. The van der Waals surface area contributed by atoms with Gasteiger partial charge in [-0.25, -0.2) is 0 Å². The fourth-order valence-electron chi connectivity index (χ4n) is 2.03. The summed E-state index contributed by atoms with van der Waals surface area (Å²) in [6.07, 6.45) is 0. The summed E-state index contributed by atoms with van der Waals surface area (Å²) < 4.78 is 1.94. The number of nitriles is 1. The quantitative estimate of drug-likeness (QED) is 0.655. The predicted octanol–water partition coefficient (Wildman–Crippen LogP) is 3.09. The highest BCUT2D eigenvalue weighted by atomic mass is 32.2. The molecule has 1 aromatic heterocycles. The lowest BCUT2D eigenvalue weighted by molar-refractivity contribution is 0.723. The third-order valence-corrected chi connectivity index (χ3v) is 4.37. The predicted molar refractivity (Wildman–Crippen MR) is 83.7 cm³/mol. The summed E-state index contributed by atoms with van der Waals surface area (Å²) in [5.74, 6) is 1.04. The molecule has 0 spiro atoms. The number of benzene rings is 1. The number of rotatable bonds is 6. The third kappa shape index (κ3) is 3.66. The molecule has 2 rings (SSSR count). The van der Waals surface area contributed by atoms with Gasteiger partial charge in [-0.2, -0.15) is 5.26 Å². The number of nitrogens with one attached hydrogen (secondary N) is 1. The molecule has 0 bridgehead atoms. The fourth-order valence-corrected chi connectivity index (χ4v) is 2.86. The molecule has 1 aromatic carbocycles. The Morgan fingerprint density at radius 1 is 1.30 bits per heavy atom. The Balaban J connectivity index is 1.75. The highest BCUT2D eigenvalue weighted by Gasteiger charge is 2.07. The van der Waals surface area contributed by atoms with Gasteiger partial charge in [0.15, 0.2) is 0 Å². The zero-order chi connectivity index (χ0) is 14.4. The van der Waals surface area contributed by atoms with Gasteiger partial charge in [-0.15, -0.1) is 11.8 Å². The Hall–Kier alpha value is -1.70. The molecule has 1 heterocycles. The third-order valence-electron chi connectivity index (χ3n) is 3.36. The molecule has 0 amide bonds. The van der Waals surface area contributed by atoms with Gasteiger partial charge in [-0.1, -0.05) is 18.2 Å². The van der Waals surface area contributed by atoms with Crippen molar-refractivity contribution in [3.63, 3.8) is 0 Å². The van der Waals surface area contributed by atoms with Crippen molar-refractivity contribution in [3.05, 3.63) is 53.3 Å². The molecule has 0 saturated carbocycles. The largest absolute Gasteiger partial charge is 0.340 e. The van der Waals surface area contributed by atoms with E-state index in [1.165, 1.54) is 10.5 Å². The minimum absolute atomic E-state index is 0.720. The van der Waals surface area contributed by atoms with Crippen LogP contribution < -0.4 is 5.32 Å². The van der Waals surface area contributed by atoms with Crippen LogP contribution in [0.3, 0.4) is 0 Å². The van der Waals surface area contributed by atoms with Crippen LogP contribution in [0.4, 0.5) is 0 Å². The van der Waals surface area contributed by atoms with Crippen molar-refractivity contribution in [2.24, 2.45) is 7.05 Å². The molecule has 0 radical (unpaired) electrons. The Labute approximate surface area is 124 Å². The number of aromatic nitrogens is 1. The summed E-state index contributed by atoms with van der Waals surface area (Å²) in [6.45, 7) is 3.82. The van der Waals surface area contributed by atoms with E-state index in [2.05, 4.69) is 42.6 Å². The number of nitrogens with zero attached hydrogens (tertiary/aromatic N) is 2. The summed E-state index contributed by atoms with van der Waals surface area (Å²) in [5.41, 5.74) is 3.08. The van der Waals surface area contributed by atoms with Gasteiger partial charge in [0.2, 0.25) is 0 Å². The second-order valence-corrected chi connectivity index (χ2v) is 5.82. The molecule has 3 nitrogen and oxygen atoms in total. The van der Waals surface area contributed by atoms with Crippen LogP contribution in [-0.2, 0) is 13.6 Å². The minimum Gasteiger partial charge on any atom is -0.340 e. The minimum atomic E-state index is 0.720. The lowest BCUT2D eigenvalue weighted by Crippen LogP contribution is -2.16. The average Bonchev–Trinajstić information content (AvgIpc) is 2.76. The van der Waals surface area contributed by atoms with Gasteiger partial charge in [0.25, 0.3) is 0 Å². The van der Waals surface area contributed by atoms with E-state index in [0.29, 0.717) is 0 Å². The van der Waals surface area contributed by atoms with E-state index in [1.54, 1.807) is 0 Å². The molecular weight excluding hydrogens is 266 g/mol. The average molecular weight is 285 g/mol. The van der Waals surface area contributed by atoms with Crippen molar-refractivity contribution < 1.29 is 0 Å². The van der Waals surface area contributed by atoms with Crippen LogP contribution in [-0.4, -0.2) is 16.9 Å². The van der Waals surface area contributed by atoms with Gasteiger partial charge in [0.05, 0.1) is 0 Å². The van der Waals surface area contributed by atoms with Gasteiger partial charge >= 0.3 is 0 Å². The Bertz CT molecular complexity index is 596. The summed E-state index contributed by atoms with van der Waals surface area (Å²) in [7, 11) is 1.93. The summed E-state index contributed by atoms with van der Waals surface area (Å²) in [4.78, 5) is 1.30. The van der Waals surface area contributed by atoms with Crippen LogP contribution in [0.1, 0.15) is 17.0 Å². The first kappa shape index (κ1) is 14.7. The molecular formula is C16H19N3S. The zero-order valence-electron chi connectivity index (χ0n) is 11.9. The van der Waals surface area contributed by atoms with E-state index in [1.807, 2.05) is 35.5 Å². The lowest BCUT2D eigenvalue weighted by atomic mass is 10.2. The van der Waals surface area contributed by atoms with E-state index in [0.717, 1.165) is 30.2 Å². The van der Waals surface area contributed by atoms with Crippen LogP contribution in [0, 0.1) is 18.3 Å². The van der Waals surface area contributed by atoms with Gasteiger partial charge < -0.3 is 9.88 Å². The van der Waals surface area contributed by atoms with E-state index >= 15 is 0 Å². The highest BCUT2D eigenvalue weighted by molar-refractivity contribution is 7.99. The first-order valence-electron chi connectivity index (χ1n) is 6.66. The number of hydrogen-bond acceptors (Lipinski definition) is 3. The van der Waals surface area contributed by atoms with Gasteiger partial charge in [-0.3, -0.25) is 0 Å². The summed E-state index contributed by atoms with van der Waals surface area (Å²) in [5, 5.41) is 12.4. The maximum absolute atomic E-state index is 9.00. The molecule has 20 heavy (non-hydrogen) atoms. The van der Waals surface area contributed by atoms with Crippen molar-refractivity contribution in [2.75, 3.05) is 12.3 Å². The van der Waals surface area contributed by atoms with E-state index in [-0.39, 0.29) is 0 Å². The Kier molecular flexibility index (Phi) is 5.28. The molecule has 0 aliphatic carbocycles. The second kappa shape index (κ2) is 7.18. The van der Waals surface area contributed by atoms with Crippen molar-refractivity contribution in [1.82, 2.24) is 9.88 Å². The normalized spacial score (nSPS) is 10.4. The first-order valence-corrected chi connectivity index (χ1v) is 7.65. The van der Waals surface area contributed by atoms with Crippen LogP contribution >= 0.6 is 11.8 Å². The smallest absolute Gasteiger partial charge is 0.120 e. The van der Waals surface area contributed by atoms with Gasteiger partial charge in [0, 0.05) is 36.5 Å². The van der Waals surface area contributed by atoms with Crippen molar-refractivity contribution >= 4 is 11.8 Å². The summed E-state index contributed by atoms with van der Waals surface area (Å²) >= 11 is 1.85. The highest BCUT2D eigenvalue weighted by Crippen LogP contribution is 2.16. The Morgan fingerprint density at radius 2 is 2.05 bits per heavy atom. The molecule has 0 aliphatic heterocycles. The zero-order valence-corrected chi connectivity index (χ0v) is 12.7. The lowest BCUT2D eigenvalue weighted by Gasteiger charge is -2.05. The van der Waals surface area contributed by atoms with E-state index < -0.39 is 0 Å².